The molecular weight excluding hydrogens is 432 g/mol. The molecule has 0 radical (unpaired) electrons. The molecule has 0 saturated carbocycles. The average molecular weight is 469 g/mol. The number of hydrogen-bond acceptors (Lipinski definition) is 5. The first-order chi connectivity index (χ1) is 16.3. The lowest BCUT2D eigenvalue weighted by atomic mass is 9.74. The Bertz CT molecular complexity index is 915. The molecule has 0 aromatic heterocycles. The van der Waals surface area contributed by atoms with E-state index in [2.05, 4.69) is 26.0 Å². The first-order valence-corrected chi connectivity index (χ1v) is 12.8. The van der Waals surface area contributed by atoms with Crippen LogP contribution in [0.2, 0.25) is 0 Å². The van der Waals surface area contributed by atoms with Crippen LogP contribution in [0.1, 0.15) is 90.9 Å². The van der Waals surface area contributed by atoms with Crippen molar-refractivity contribution in [1.82, 2.24) is 9.96 Å². The molecule has 4 amide bonds. The van der Waals surface area contributed by atoms with Gasteiger partial charge in [0.2, 0.25) is 0 Å². The number of imide groups is 2. The molecule has 1 fully saturated rings. The molecule has 3 unspecified atom stereocenters. The average Bonchev–Trinajstić information content (AvgIpc) is 3.31. The summed E-state index contributed by atoms with van der Waals surface area (Å²) in [7, 11) is 0. The summed E-state index contributed by atoms with van der Waals surface area (Å²) in [5.41, 5.74) is 1.81. The highest BCUT2D eigenvalue weighted by molar-refractivity contribution is 6.13. The number of carbonyl (C=O) groups excluding carboxylic acids is 4. The highest BCUT2D eigenvalue weighted by atomic mass is 16.7. The fraction of sp³-hybridized carbons (Fsp3) is 0.630. The van der Waals surface area contributed by atoms with E-state index in [1.165, 1.54) is 28.2 Å². The fourth-order valence-electron chi connectivity index (χ4n) is 5.73. The standard InChI is InChI=1S/C27H36N2O5/c1-19-20(2)27(34-29-25(32)14-15-26(29)33)17-8-4-3-5-10-22(28-23(30)12-13-24(28)31)11-7-6-9-21(19)16-18-27/h12-13,16,18,20,22H,3-11,14-15,17H2,1-2H3. The quantitative estimate of drug-likeness (QED) is 0.568. The zero-order valence-corrected chi connectivity index (χ0v) is 20.4. The Kier molecular flexibility index (Phi) is 7.51. The van der Waals surface area contributed by atoms with Gasteiger partial charge in [0.25, 0.3) is 23.6 Å². The zero-order valence-electron chi connectivity index (χ0n) is 20.4. The number of fused-ring (bicyclic) bond motifs is 11. The summed E-state index contributed by atoms with van der Waals surface area (Å²) in [4.78, 5) is 56.8. The van der Waals surface area contributed by atoms with Gasteiger partial charge in [-0.15, -0.1) is 0 Å². The fourth-order valence-corrected chi connectivity index (χ4v) is 5.73. The van der Waals surface area contributed by atoms with Gasteiger partial charge in [0.1, 0.15) is 5.60 Å². The van der Waals surface area contributed by atoms with E-state index >= 15 is 0 Å². The molecular formula is C27H36N2O5. The van der Waals surface area contributed by atoms with E-state index in [1.807, 2.05) is 0 Å². The first kappa shape index (κ1) is 24.6. The summed E-state index contributed by atoms with van der Waals surface area (Å²) in [5.74, 6) is -0.832. The zero-order chi connectivity index (χ0) is 24.3. The van der Waals surface area contributed by atoms with Crippen LogP contribution in [0.3, 0.4) is 0 Å². The Morgan fingerprint density at radius 1 is 0.824 bits per heavy atom. The van der Waals surface area contributed by atoms with Crippen molar-refractivity contribution in [3.05, 3.63) is 35.5 Å². The topological polar surface area (TPSA) is 84.0 Å². The van der Waals surface area contributed by atoms with Gasteiger partial charge in [-0.25, -0.2) is 0 Å². The molecule has 2 aliphatic heterocycles. The second kappa shape index (κ2) is 10.4. The molecule has 0 spiro atoms. The molecule has 34 heavy (non-hydrogen) atoms. The number of hydrogen-bond donors (Lipinski definition) is 0. The lowest BCUT2D eigenvalue weighted by Gasteiger charge is -2.41. The minimum atomic E-state index is -0.702. The van der Waals surface area contributed by atoms with Crippen LogP contribution in [-0.4, -0.2) is 45.2 Å². The molecule has 0 aromatic carbocycles. The third kappa shape index (κ3) is 4.95. The number of nitrogens with zero attached hydrogens (tertiary/aromatic N) is 2. The van der Waals surface area contributed by atoms with E-state index in [1.54, 1.807) is 0 Å². The van der Waals surface area contributed by atoms with Crippen LogP contribution in [0.25, 0.3) is 0 Å². The van der Waals surface area contributed by atoms with Gasteiger partial charge < -0.3 is 0 Å². The molecule has 7 nitrogen and oxygen atoms in total. The maximum Gasteiger partial charge on any atom is 0.254 e. The molecule has 3 aliphatic carbocycles. The molecule has 5 rings (SSSR count). The van der Waals surface area contributed by atoms with E-state index in [9.17, 15) is 19.2 Å². The van der Waals surface area contributed by atoms with Gasteiger partial charge in [0.15, 0.2) is 0 Å². The molecule has 184 valence electrons. The second-order valence-electron chi connectivity index (χ2n) is 10.1. The molecule has 2 bridgehead atoms. The van der Waals surface area contributed by atoms with Crippen molar-refractivity contribution < 1.29 is 24.0 Å². The molecule has 5 aliphatic rings. The van der Waals surface area contributed by atoms with Crippen LogP contribution in [0.5, 0.6) is 0 Å². The summed E-state index contributed by atoms with van der Waals surface area (Å²) in [6.45, 7) is 4.26. The summed E-state index contributed by atoms with van der Waals surface area (Å²) in [6, 6.07) is -0.0390. The number of rotatable bonds is 3. The summed E-state index contributed by atoms with van der Waals surface area (Å²) < 4.78 is 0. The van der Waals surface area contributed by atoms with Crippen LogP contribution in [-0.2, 0) is 24.0 Å². The molecule has 1 saturated heterocycles. The third-order valence-corrected chi connectivity index (χ3v) is 8.02. The van der Waals surface area contributed by atoms with Crippen molar-refractivity contribution in [3.63, 3.8) is 0 Å². The third-order valence-electron chi connectivity index (χ3n) is 8.02. The van der Waals surface area contributed by atoms with E-state index in [0.717, 1.165) is 69.3 Å². The van der Waals surface area contributed by atoms with Crippen molar-refractivity contribution in [2.24, 2.45) is 5.92 Å². The number of carbonyl (C=O) groups is 4. The Hall–Kier alpha value is -2.54. The van der Waals surface area contributed by atoms with Crippen molar-refractivity contribution in [1.29, 1.82) is 0 Å². The minimum absolute atomic E-state index is 0.0390. The maximum absolute atomic E-state index is 12.3. The minimum Gasteiger partial charge on any atom is -0.272 e. The van der Waals surface area contributed by atoms with Gasteiger partial charge in [0.05, 0.1) is 0 Å². The van der Waals surface area contributed by atoms with Gasteiger partial charge in [-0.2, -0.15) is 5.06 Å². The van der Waals surface area contributed by atoms with Crippen molar-refractivity contribution in [2.75, 3.05) is 0 Å². The lowest BCUT2D eigenvalue weighted by Crippen LogP contribution is -2.47. The second-order valence-corrected chi connectivity index (χ2v) is 10.1. The van der Waals surface area contributed by atoms with E-state index < -0.39 is 5.60 Å². The van der Waals surface area contributed by atoms with Crippen LogP contribution in [0.15, 0.2) is 35.5 Å². The predicted octanol–water partition coefficient (Wildman–Crippen LogP) is 4.54. The van der Waals surface area contributed by atoms with Gasteiger partial charge in [-0.1, -0.05) is 50.7 Å². The van der Waals surface area contributed by atoms with Crippen molar-refractivity contribution in [3.8, 4) is 0 Å². The Morgan fingerprint density at radius 2 is 1.44 bits per heavy atom. The van der Waals surface area contributed by atoms with E-state index in [-0.39, 0.29) is 48.4 Å². The Balaban J connectivity index is 1.50. The van der Waals surface area contributed by atoms with Gasteiger partial charge in [-0.3, -0.25) is 28.9 Å². The van der Waals surface area contributed by atoms with Gasteiger partial charge >= 0.3 is 0 Å². The van der Waals surface area contributed by atoms with Gasteiger partial charge in [0, 0.05) is 37.0 Å². The summed E-state index contributed by atoms with van der Waals surface area (Å²) in [6.07, 6.45) is 16.4. The Morgan fingerprint density at radius 3 is 2.12 bits per heavy atom. The van der Waals surface area contributed by atoms with Gasteiger partial charge in [-0.05, 0) is 50.7 Å². The SMILES string of the molecule is CC1=C2C=CC(ON3C(=O)CCC3=O)(CCCCCCC(N3C(=O)C=CC3=O)CCCC2)C1C. The molecule has 3 atom stereocenters. The number of amides is 4. The van der Waals surface area contributed by atoms with E-state index in [0.29, 0.717) is 0 Å². The van der Waals surface area contributed by atoms with Crippen LogP contribution < -0.4 is 0 Å². The summed E-state index contributed by atoms with van der Waals surface area (Å²) in [5, 5.41) is 1.01. The summed E-state index contributed by atoms with van der Waals surface area (Å²) >= 11 is 0. The Labute approximate surface area is 201 Å². The van der Waals surface area contributed by atoms with Crippen LogP contribution >= 0.6 is 0 Å². The lowest BCUT2D eigenvalue weighted by molar-refractivity contribution is -0.229. The normalized spacial score (nSPS) is 31.6. The monoisotopic (exact) mass is 468 g/mol. The molecule has 2 heterocycles. The molecule has 0 N–H and O–H groups in total. The number of hydroxylamine groups is 2. The first-order valence-electron chi connectivity index (χ1n) is 12.8. The number of allylic oxidation sites excluding steroid dienone is 2. The molecule has 0 aromatic rings. The smallest absolute Gasteiger partial charge is 0.254 e. The molecule has 7 heteroatoms. The van der Waals surface area contributed by atoms with Crippen molar-refractivity contribution >= 4 is 23.6 Å². The highest BCUT2D eigenvalue weighted by Gasteiger charge is 2.44. The van der Waals surface area contributed by atoms with Crippen molar-refractivity contribution in [2.45, 2.75) is 103 Å². The van der Waals surface area contributed by atoms with Crippen LogP contribution in [0.4, 0.5) is 0 Å². The predicted molar refractivity (Wildman–Crippen MR) is 127 cm³/mol. The highest BCUT2D eigenvalue weighted by Crippen LogP contribution is 2.42. The largest absolute Gasteiger partial charge is 0.272 e. The maximum atomic E-state index is 12.3. The van der Waals surface area contributed by atoms with Crippen LogP contribution in [0, 0.1) is 5.92 Å². The van der Waals surface area contributed by atoms with E-state index in [4.69, 9.17) is 4.84 Å².